The minimum atomic E-state index is -5.14. The summed E-state index contributed by atoms with van der Waals surface area (Å²) in [5.41, 5.74) is 0. The molecule has 38 valence electrons. The van der Waals surface area contributed by atoms with Crippen LogP contribution in [0, 0.1) is 0 Å². The highest BCUT2D eigenvalue weighted by molar-refractivity contribution is 7.45. The zero-order valence-electron chi connectivity index (χ0n) is 2.13. The molecular formula is H5BFO3P. The van der Waals surface area contributed by atoms with Gasteiger partial charge in [0.25, 0.3) is 0 Å². The van der Waals surface area contributed by atoms with Crippen molar-refractivity contribution in [2.75, 3.05) is 0 Å². The highest BCUT2D eigenvalue weighted by Crippen LogP contribution is 2.34. The Bertz CT molecular complexity index is 56.9. The van der Waals surface area contributed by atoms with E-state index in [-0.39, 0.29) is 8.41 Å². The van der Waals surface area contributed by atoms with Crippen molar-refractivity contribution < 1.29 is 18.5 Å². The van der Waals surface area contributed by atoms with Crippen LogP contribution in [0.15, 0.2) is 0 Å². The smallest absolute Gasteiger partial charge is 0.299 e. The molecule has 0 saturated heterocycles. The molecule has 0 amide bonds. The average molecular weight is 114 g/mol. The summed E-state index contributed by atoms with van der Waals surface area (Å²) in [5.74, 6) is 0. The number of rotatable bonds is 0. The van der Waals surface area contributed by atoms with E-state index in [2.05, 4.69) is 0 Å². The molecule has 2 N–H and O–H groups in total. The predicted molar refractivity (Wildman–Crippen MR) is 23.1 cm³/mol. The lowest BCUT2D eigenvalue weighted by molar-refractivity contribution is 0.322. The van der Waals surface area contributed by atoms with Gasteiger partial charge in [-0.15, -0.1) is 4.20 Å². The molecule has 0 radical (unpaired) electrons. The highest BCUT2D eigenvalue weighted by atomic mass is 31.2. The third-order valence-corrected chi connectivity index (χ3v) is 0. The lowest BCUT2D eigenvalue weighted by Crippen LogP contribution is -1.56. The van der Waals surface area contributed by atoms with Crippen LogP contribution in [-0.4, -0.2) is 18.2 Å². The molecule has 0 aromatic rings. The van der Waals surface area contributed by atoms with Gasteiger partial charge in [-0.1, -0.05) is 0 Å². The van der Waals surface area contributed by atoms with Crippen LogP contribution < -0.4 is 0 Å². The summed E-state index contributed by atoms with van der Waals surface area (Å²) in [7, 11) is -5.14. The van der Waals surface area contributed by atoms with E-state index in [0.717, 1.165) is 0 Å². The fraction of sp³-hybridized carbons (Fsp3) is 0. The number of halogens is 1. The van der Waals surface area contributed by atoms with Gasteiger partial charge in [0.1, 0.15) is 0 Å². The van der Waals surface area contributed by atoms with Crippen molar-refractivity contribution in [3.05, 3.63) is 0 Å². The zero-order valence-corrected chi connectivity index (χ0v) is 3.02. The Morgan fingerprint density at radius 1 is 1.50 bits per heavy atom. The maximum atomic E-state index is 10.4. The summed E-state index contributed by atoms with van der Waals surface area (Å²) in [5, 5.41) is 0. The van der Waals surface area contributed by atoms with E-state index in [4.69, 9.17) is 14.4 Å². The van der Waals surface area contributed by atoms with E-state index in [0.29, 0.717) is 0 Å². The SMILES string of the molecule is B.O=P(O)(O)F. The van der Waals surface area contributed by atoms with Gasteiger partial charge < -0.3 is 0 Å². The Morgan fingerprint density at radius 3 is 1.50 bits per heavy atom. The summed E-state index contributed by atoms with van der Waals surface area (Å²) in [6.45, 7) is 0. The number of hydrogen-bond donors (Lipinski definition) is 2. The molecule has 0 bridgehead atoms. The first-order chi connectivity index (χ1) is 2.00. The monoisotopic (exact) mass is 114 g/mol. The molecule has 0 aliphatic rings. The van der Waals surface area contributed by atoms with E-state index >= 15 is 0 Å². The Balaban J connectivity index is 0. The second kappa shape index (κ2) is 2.34. The molecule has 0 aliphatic carbocycles. The van der Waals surface area contributed by atoms with Gasteiger partial charge in [0.05, 0.1) is 8.41 Å². The highest BCUT2D eigenvalue weighted by Gasteiger charge is 2.04. The lowest BCUT2D eigenvalue weighted by Gasteiger charge is -1.77. The molecule has 0 aromatic carbocycles. The summed E-state index contributed by atoms with van der Waals surface area (Å²) >= 11 is 0. The molecule has 0 aliphatic heterocycles. The van der Waals surface area contributed by atoms with Crippen LogP contribution in [0.2, 0.25) is 0 Å². The van der Waals surface area contributed by atoms with Gasteiger partial charge in [-0.25, -0.2) is 4.57 Å². The largest absolute Gasteiger partial charge is 0.507 e. The van der Waals surface area contributed by atoms with Crippen LogP contribution in [0.1, 0.15) is 0 Å². The second-order valence-electron chi connectivity index (χ2n) is 0.473. The molecule has 0 aromatic heterocycles. The molecule has 6 heavy (non-hydrogen) atoms. The maximum absolute atomic E-state index is 10.4. The first-order valence-electron chi connectivity index (χ1n) is 0.752. The molecular weight excluding hydrogens is 109 g/mol. The van der Waals surface area contributed by atoms with Crippen molar-refractivity contribution in [3.63, 3.8) is 0 Å². The predicted octanol–water partition coefficient (Wildman–Crippen LogP) is -1.14. The van der Waals surface area contributed by atoms with E-state index in [1.807, 2.05) is 0 Å². The molecule has 0 saturated carbocycles. The molecule has 0 rings (SSSR count). The molecule has 0 unspecified atom stereocenters. The number of hydrogen-bond acceptors (Lipinski definition) is 1. The van der Waals surface area contributed by atoms with Gasteiger partial charge in [0.15, 0.2) is 0 Å². The van der Waals surface area contributed by atoms with Gasteiger partial charge in [0, 0.05) is 0 Å². The van der Waals surface area contributed by atoms with Gasteiger partial charge in [-0.05, 0) is 0 Å². The summed E-state index contributed by atoms with van der Waals surface area (Å²) < 4.78 is 19.0. The Kier molecular flexibility index (Phi) is 3.69. The van der Waals surface area contributed by atoms with Crippen molar-refractivity contribution in [3.8, 4) is 0 Å². The Morgan fingerprint density at radius 2 is 1.50 bits per heavy atom. The minimum absolute atomic E-state index is 0. The molecule has 0 fully saturated rings. The zero-order chi connectivity index (χ0) is 4.50. The van der Waals surface area contributed by atoms with Crippen molar-refractivity contribution in [1.29, 1.82) is 0 Å². The van der Waals surface area contributed by atoms with Crippen molar-refractivity contribution in [2.45, 2.75) is 0 Å². The van der Waals surface area contributed by atoms with E-state index in [9.17, 15) is 4.20 Å². The average Bonchev–Trinajstić information content (AvgIpc) is 0.722. The molecule has 3 nitrogen and oxygen atoms in total. The van der Waals surface area contributed by atoms with E-state index in [1.54, 1.807) is 0 Å². The standard InChI is InChI=1S/BH3.FH2O3P/c;1-5(2,3)4/h1H3;(H2,2,3,4). The van der Waals surface area contributed by atoms with Crippen LogP contribution >= 0.6 is 7.91 Å². The van der Waals surface area contributed by atoms with Crippen LogP contribution in [-0.2, 0) is 4.57 Å². The lowest BCUT2D eigenvalue weighted by atomic mass is 10.8. The van der Waals surface area contributed by atoms with Gasteiger partial charge in [0.2, 0.25) is 0 Å². The van der Waals surface area contributed by atoms with Crippen LogP contribution in [0.5, 0.6) is 0 Å². The summed E-state index contributed by atoms with van der Waals surface area (Å²) in [4.78, 5) is 13.9. The summed E-state index contributed by atoms with van der Waals surface area (Å²) in [6, 6.07) is 0. The first-order valence-corrected chi connectivity index (χ1v) is 2.25. The van der Waals surface area contributed by atoms with Crippen LogP contribution in [0.25, 0.3) is 0 Å². The minimum Gasteiger partial charge on any atom is -0.299 e. The van der Waals surface area contributed by atoms with Gasteiger partial charge in [-0.3, -0.25) is 9.79 Å². The van der Waals surface area contributed by atoms with Crippen LogP contribution in [0.4, 0.5) is 4.20 Å². The maximum Gasteiger partial charge on any atom is 0.507 e. The van der Waals surface area contributed by atoms with Crippen LogP contribution in [0.3, 0.4) is 0 Å². The topological polar surface area (TPSA) is 57.5 Å². The van der Waals surface area contributed by atoms with E-state index < -0.39 is 7.91 Å². The fourth-order valence-electron chi connectivity index (χ4n) is 0. The van der Waals surface area contributed by atoms with Crippen molar-refractivity contribution >= 4 is 16.3 Å². The quantitative estimate of drug-likeness (QED) is 0.309. The van der Waals surface area contributed by atoms with Gasteiger partial charge >= 0.3 is 7.91 Å². The summed E-state index contributed by atoms with van der Waals surface area (Å²) in [6.07, 6.45) is 0. The third kappa shape index (κ3) is 1950. The van der Waals surface area contributed by atoms with Crippen molar-refractivity contribution in [1.82, 2.24) is 0 Å². The Hall–Kier alpha value is 0.145. The molecule has 0 atom stereocenters. The Labute approximate surface area is 36.0 Å². The van der Waals surface area contributed by atoms with Crippen molar-refractivity contribution in [2.24, 2.45) is 0 Å². The molecule has 6 heteroatoms. The normalized spacial score (nSPS) is 9.83. The fourth-order valence-corrected chi connectivity index (χ4v) is 0. The molecule has 0 spiro atoms. The second-order valence-corrected chi connectivity index (χ2v) is 1.42. The first kappa shape index (κ1) is 9.47. The molecule has 0 heterocycles. The third-order valence-electron chi connectivity index (χ3n) is 0. The van der Waals surface area contributed by atoms with Gasteiger partial charge in [-0.2, -0.15) is 0 Å². The van der Waals surface area contributed by atoms with E-state index in [1.165, 1.54) is 0 Å².